The second-order valence-electron chi connectivity index (χ2n) is 9.04. The van der Waals surface area contributed by atoms with Crippen LogP contribution in [0.15, 0.2) is 71.5 Å². The van der Waals surface area contributed by atoms with Crippen molar-refractivity contribution in [2.45, 2.75) is 46.1 Å². The highest BCUT2D eigenvalue weighted by Crippen LogP contribution is 2.30. The van der Waals surface area contributed by atoms with Gasteiger partial charge in [0.1, 0.15) is 11.6 Å². The van der Waals surface area contributed by atoms with E-state index in [0.29, 0.717) is 56.9 Å². The number of carbonyl (C=O) groups excluding carboxylic acids is 1. The standard InChI is InChI=1S/C30H31Cl2N3O3/c1-4-6-11-18-34(29(36)21-16-17-23(31)24(32)19-21)20(3)28-33-25-13-8-7-12-22(25)30(37)35(28)26-14-9-10-15-27(26)38-5-2/h7-10,12-17,19-20H,4-6,11,18H2,1-3H3. The van der Waals surface area contributed by atoms with Crippen LogP contribution in [-0.4, -0.2) is 33.5 Å². The highest BCUT2D eigenvalue weighted by Gasteiger charge is 2.28. The van der Waals surface area contributed by atoms with Gasteiger partial charge in [-0.2, -0.15) is 0 Å². The summed E-state index contributed by atoms with van der Waals surface area (Å²) in [6, 6.07) is 19.0. The lowest BCUT2D eigenvalue weighted by atomic mass is 10.1. The van der Waals surface area contributed by atoms with Crippen LogP contribution in [0.25, 0.3) is 16.6 Å². The van der Waals surface area contributed by atoms with Crippen molar-refractivity contribution in [2.75, 3.05) is 13.2 Å². The zero-order valence-electron chi connectivity index (χ0n) is 21.8. The predicted molar refractivity (Wildman–Crippen MR) is 154 cm³/mol. The van der Waals surface area contributed by atoms with E-state index in [1.165, 1.54) is 0 Å². The van der Waals surface area contributed by atoms with Crippen LogP contribution in [0.1, 0.15) is 62.3 Å². The lowest BCUT2D eigenvalue weighted by Gasteiger charge is -2.31. The Labute approximate surface area is 232 Å². The van der Waals surface area contributed by atoms with Crippen molar-refractivity contribution in [1.82, 2.24) is 14.5 Å². The van der Waals surface area contributed by atoms with Crippen molar-refractivity contribution < 1.29 is 9.53 Å². The number of nitrogens with zero attached hydrogens (tertiary/aromatic N) is 3. The molecule has 0 N–H and O–H groups in total. The molecule has 1 aromatic heterocycles. The minimum Gasteiger partial charge on any atom is -0.492 e. The summed E-state index contributed by atoms with van der Waals surface area (Å²) in [6.07, 6.45) is 2.77. The molecule has 0 saturated carbocycles. The number of benzene rings is 3. The summed E-state index contributed by atoms with van der Waals surface area (Å²) in [5.41, 5.74) is 1.35. The third-order valence-corrected chi connectivity index (χ3v) is 7.22. The summed E-state index contributed by atoms with van der Waals surface area (Å²) in [4.78, 5) is 34.5. The van der Waals surface area contributed by atoms with E-state index in [0.717, 1.165) is 19.3 Å². The minimum atomic E-state index is -0.541. The van der Waals surface area contributed by atoms with Crippen LogP contribution in [0.3, 0.4) is 0 Å². The Morgan fingerprint density at radius 1 is 1.00 bits per heavy atom. The van der Waals surface area contributed by atoms with E-state index < -0.39 is 6.04 Å². The highest BCUT2D eigenvalue weighted by molar-refractivity contribution is 6.42. The number of ether oxygens (including phenoxy) is 1. The fraction of sp³-hybridized carbons (Fsp3) is 0.300. The van der Waals surface area contributed by atoms with E-state index in [9.17, 15) is 9.59 Å². The van der Waals surface area contributed by atoms with Crippen LogP contribution in [0.5, 0.6) is 5.75 Å². The van der Waals surface area contributed by atoms with E-state index in [2.05, 4.69) is 6.92 Å². The van der Waals surface area contributed by atoms with E-state index in [-0.39, 0.29) is 11.5 Å². The third-order valence-electron chi connectivity index (χ3n) is 6.48. The van der Waals surface area contributed by atoms with Crippen molar-refractivity contribution in [3.63, 3.8) is 0 Å². The van der Waals surface area contributed by atoms with Gasteiger partial charge in [-0.25, -0.2) is 4.98 Å². The molecule has 1 atom stereocenters. The maximum absolute atomic E-state index is 13.9. The smallest absolute Gasteiger partial charge is 0.266 e. The molecule has 6 nitrogen and oxygen atoms in total. The van der Waals surface area contributed by atoms with Crippen LogP contribution in [0, 0.1) is 0 Å². The van der Waals surface area contributed by atoms with Gasteiger partial charge in [-0.05, 0) is 62.7 Å². The first-order chi connectivity index (χ1) is 18.4. The predicted octanol–water partition coefficient (Wildman–Crippen LogP) is 7.48. The zero-order chi connectivity index (χ0) is 27.2. The number of para-hydroxylation sites is 3. The molecule has 0 bridgehead atoms. The van der Waals surface area contributed by atoms with Gasteiger partial charge in [0.15, 0.2) is 0 Å². The lowest BCUT2D eigenvalue weighted by Crippen LogP contribution is -2.38. The number of unbranched alkanes of at least 4 members (excludes halogenated alkanes) is 2. The first-order valence-electron chi connectivity index (χ1n) is 12.9. The molecule has 0 aliphatic rings. The molecular weight excluding hydrogens is 521 g/mol. The Morgan fingerprint density at radius 2 is 1.74 bits per heavy atom. The summed E-state index contributed by atoms with van der Waals surface area (Å²) < 4.78 is 7.46. The van der Waals surface area contributed by atoms with Gasteiger partial charge in [-0.3, -0.25) is 14.2 Å². The Bertz CT molecular complexity index is 1500. The first-order valence-corrected chi connectivity index (χ1v) is 13.6. The normalized spacial score (nSPS) is 11.9. The number of hydrogen-bond donors (Lipinski definition) is 0. The second kappa shape index (κ2) is 12.5. The largest absolute Gasteiger partial charge is 0.492 e. The number of aromatic nitrogens is 2. The number of halogens is 2. The molecular formula is C30H31Cl2N3O3. The van der Waals surface area contributed by atoms with E-state index >= 15 is 0 Å². The molecule has 8 heteroatoms. The summed E-state index contributed by atoms with van der Waals surface area (Å²) in [5.74, 6) is 0.806. The van der Waals surface area contributed by atoms with E-state index in [1.54, 1.807) is 33.7 Å². The number of carbonyl (C=O) groups is 1. The van der Waals surface area contributed by atoms with Crippen LogP contribution in [-0.2, 0) is 0 Å². The molecule has 0 radical (unpaired) electrons. The molecule has 4 rings (SSSR count). The number of hydrogen-bond acceptors (Lipinski definition) is 4. The molecule has 1 heterocycles. The number of fused-ring (bicyclic) bond motifs is 1. The molecule has 198 valence electrons. The summed E-state index contributed by atoms with van der Waals surface area (Å²) in [6.45, 7) is 6.84. The van der Waals surface area contributed by atoms with Gasteiger partial charge in [-0.15, -0.1) is 0 Å². The highest BCUT2D eigenvalue weighted by atomic mass is 35.5. The minimum absolute atomic E-state index is 0.209. The number of rotatable bonds is 10. The number of amides is 1. The third kappa shape index (κ3) is 5.71. The Balaban J connectivity index is 1.91. The Morgan fingerprint density at radius 3 is 2.47 bits per heavy atom. The van der Waals surface area contributed by atoms with Crippen molar-refractivity contribution in [3.8, 4) is 11.4 Å². The van der Waals surface area contributed by atoms with Crippen LogP contribution >= 0.6 is 23.2 Å². The monoisotopic (exact) mass is 551 g/mol. The molecule has 3 aromatic carbocycles. The SMILES string of the molecule is CCCCCN(C(=O)c1ccc(Cl)c(Cl)c1)C(C)c1nc2ccccc2c(=O)n1-c1ccccc1OCC. The molecule has 4 aromatic rings. The van der Waals surface area contributed by atoms with E-state index in [1.807, 2.05) is 56.3 Å². The molecule has 0 aliphatic carbocycles. The van der Waals surface area contributed by atoms with Crippen molar-refractivity contribution in [3.05, 3.63) is 98.5 Å². The second-order valence-corrected chi connectivity index (χ2v) is 9.85. The van der Waals surface area contributed by atoms with Crippen LogP contribution in [0.2, 0.25) is 10.0 Å². The summed E-state index contributed by atoms with van der Waals surface area (Å²) in [7, 11) is 0. The molecule has 0 saturated heterocycles. The first kappa shape index (κ1) is 27.7. The van der Waals surface area contributed by atoms with Gasteiger partial charge < -0.3 is 9.64 Å². The van der Waals surface area contributed by atoms with Crippen molar-refractivity contribution in [1.29, 1.82) is 0 Å². The maximum Gasteiger partial charge on any atom is 0.266 e. The summed E-state index contributed by atoms with van der Waals surface area (Å²) >= 11 is 12.4. The molecule has 1 unspecified atom stereocenters. The average Bonchev–Trinajstić information content (AvgIpc) is 2.93. The fourth-order valence-corrected chi connectivity index (χ4v) is 4.82. The van der Waals surface area contributed by atoms with Gasteiger partial charge in [0, 0.05) is 12.1 Å². The molecule has 0 aliphatic heterocycles. The maximum atomic E-state index is 13.9. The van der Waals surface area contributed by atoms with Gasteiger partial charge in [0.2, 0.25) is 0 Å². The Kier molecular flexibility index (Phi) is 9.08. The molecule has 0 spiro atoms. The van der Waals surface area contributed by atoms with Crippen LogP contribution in [0.4, 0.5) is 0 Å². The molecule has 0 fully saturated rings. The van der Waals surface area contributed by atoms with E-state index in [4.69, 9.17) is 32.9 Å². The zero-order valence-corrected chi connectivity index (χ0v) is 23.3. The van der Waals surface area contributed by atoms with Crippen molar-refractivity contribution in [2.24, 2.45) is 0 Å². The molecule has 38 heavy (non-hydrogen) atoms. The fourth-order valence-electron chi connectivity index (χ4n) is 4.52. The van der Waals surface area contributed by atoms with Gasteiger partial charge in [0.05, 0.1) is 39.3 Å². The topological polar surface area (TPSA) is 64.4 Å². The van der Waals surface area contributed by atoms with Crippen LogP contribution < -0.4 is 10.3 Å². The average molecular weight is 553 g/mol. The van der Waals surface area contributed by atoms with Gasteiger partial charge >= 0.3 is 0 Å². The van der Waals surface area contributed by atoms with Crippen molar-refractivity contribution >= 4 is 40.0 Å². The quantitative estimate of drug-likeness (QED) is 0.191. The Hall–Kier alpha value is -3.35. The summed E-state index contributed by atoms with van der Waals surface area (Å²) in [5, 5.41) is 1.18. The van der Waals surface area contributed by atoms with Gasteiger partial charge in [-0.1, -0.05) is 67.2 Å². The molecule has 1 amide bonds. The van der Waals surface area contributed by atoms with Gasteiger partial charge in [0.25, 0.3) is 11.5 Å². The lowest BCUT2D eigenvalue weighted by molar-refractivity contribution is 0.0677.